The summed E-state index contributed by atoms with van der Waals surface area (Å²) in [7, 11) is 2.87. The van der Waals surface area contributed by atoms with Crippen LogP contribution in [0.25, 0.3) is 0 Å². The van der Waals surface area contributed by atoms with E-state index in [0.29, 0.717) is 16.3 Å². The molecule has 0 bridgehead atoms. The fourth-order valence-electron chi connectivity index (χ4n) is 1.15. The Balaban J connectivity index is 3.21. The summed E-state index contributed by atoms with van der Waals surface area (Å²) < 4.78 is 9.64. The number of carbonyl (C=O) groups excluding carboxylic acids is 1. The quantitative estimate of drug-likeness (QED) is 0.710. The molecular weight excluding hydrogens is 204 g/mol. The molecule has 3 nitrogen and oxygen atoms in total. The van der Waals surface area contributed by atoms with Crippen LogP contribution in [0.1, 0.15) is 15.9 Å². The average molecular weight is 215 g/mol. The fourth-order valence-corrected chi connectivity index (χ4v) is 1.38. The van der Waals surface area contributed by atoms with Gasteiger partial charge in [0.15, 0.2) is 0 Å². The number of carbonyl (C=O) groups is 1. The Morgan fingerprint density at radius 2 is 2.00 bits per heavy atom. The maximum Gasteiger partial charge on any atom is 0.339 e. The molecular formula is C10H11ClO3. The first-order valence-corrected chi connectivity index (χ1v) is 4.40. The fraction of sp³-hybridized carbons (Fsp3) is 0.300. The van der Waals surface area contributed by atoms with Crippen molar-refractivity contribution in [3.05, 3.63) is 28.3 Å². The topological polar surface area (TPSA) is 35.5 Å². The van der Waals surface area contributed by atoms with Crippen molar-refractivity contribution in [2.45, 2.75) is 6.92 Å². The second-order valence-corrected chi connectivity index (χ2v) is 3.20. The SMILES string of the molecule is COC(=O)c1cc(C)c(OC)cc1Cl. The van der Waals surface area contributed by atoms with Crippen molar-refractivity contribution in [3.8, 4) is 5.75 Å². The van der Waals surface area contributed by atoms with Crippen LogP contribution in [0.5, 0.6) is 5.75 Å². The van der Waals surface area contributed by atoms with Gasteiger partial charge >= 0.3 is 5.97 Å². The van der Waals surface area contributed by atoms with Gasteiger partial charge in [0.25, 0.3) is 0 Å². The molecule has 14 heavy (non-hydrogen) atoms. The molecule has 1 aromatic rings. The molecule has 0 saturated carbocycles. The van der Waals surface area contributed by atoms with Gasteiger partial charge in [0.2, 0.25) is 0 Å². The molecule has 0 spiro atoms. The summed E-state index contributed by atoms with van der Waals surface area (Å²) in [5, 5.41) is 0.333. The van der Waals surface area contributed by atoms with Crippen LogP contribution in [0.15, 0.2) is 12.1 Å². The minimum absolute atomic E-state index is 0.333. The summed E-state index contributed by atoms with van der Waals surface area (Å²) in [6.45, 7) is 1.83. The van der Waals surface area contributed by atoms with Gasteiger partial charge in [-0.2, -0.15) is 0 Å². The lowest BCUT2D eigenvalue weighted by molar-refractivity contribution is 0.0601. The van der Waals surface area contributed by atoms with Gasteiger partial charge in [-0.05, 0) is 24.6 Å². The molecule has 0 heterocycles. The number of aryl methyl sites for hydroxylation is 1. The molecule has 76 valence electrons. The number of rotatable bonds is 2. The lowest BCUT2D eigenvalue weighted by atomic mass is 10.1. The molecule has 0 aliphatic rings. The standard InChI is InChI=1S/C10H11ClO3/c1-6-4-7(10(12)14-3)8(11)5-9(6)13-2/h4-5H,1-3H3. The first-order valence-electron chi connectivity index (χ1n) is 4.02. The third-order valence-corrected chi connectivity index (χ3v) is 2.20. The normalized spacial score (nSPS) is 9.71. The highest BCUT2D eigenvalue weighted by atomic mass is 35.5. The zero-order valence-corrected chi connectivity index (χ0v) is 9.01. The zero-order valence-electron chi connectivity index (χ0n) is 8.26. The van der Waals surface area contributed by atoms with Crippen molar-refractivity contribution in [2.24, 2.45) is 0 Å². The van der Waals surface area contributed by atoms with Crippen molar-refractivity contribution in [2.75, 3.05) is 14.2 Å². The van der Waals surface area contributed by atoms with Gasteiger partial charge in [-0.1, -0.05) is 11.6 Å². The highest BCUT2D eigenvalue weighted by molar-refractivity contribution is 6.33. The zero-order chi connectivity index (χ0) is 10.7. The molecule has 0 aromatic heterocycles. The minimum atomic E-state index is -0.444. The monoisotopic (exact) mass is 214 g/mol. The summed E-state index contributed by atoms with van der Waals surface area (Å²) in [4.78, 5) is 11.2. The van der Waals surface area contributed by atoms with Gasteiger partial charge in [-0.3, -0.25) is 0 Å². The lowest BCUT2D eigenvalue weighted by Gasteiger charge is -2.08. The second kappa shape index (κ2) is 4.33. The molecule has 0 N–H and O–H groups in total. The molecule has 0 saturated heterocycles. The number of methoxy groups -OCH3 is 2. The van der Waals surface area contributed by atoms with E-state index >= 15 is 0 Å². The maximum absolute atomic E-state index is 11.2. The molecule has 1 rings (SSSR count). The van der Waals surface area contributed by atoms with Gasteiger partial charge in [0.05, 0.1) is 24.8 Å². The number of hydrogen-bond donors (Lipinski definition) is 0. The Kier molecular flexibility index (Phi) is 3.36. The number of benzene rings is 1. The van der Waals surface area contributed by atoms with Crippen molar-refractivity contribution in [1.29, 1.82) is 0 Å². The second-order valence-electron chi connectivity index (χ2n) is 2.79. The number of esters is 1. The van der Waals surface area contributed by atoms with Crippen LogP contribution < -0.4 is 4.74 Å². The van der Waals surface area contributed by atoms with E-state index in [0.717, 1.165) is 5.56 Å². The van der Waals surface area contributed by atoms with Crippen LogP contribution in [0.2, 0.25) is 5.02 Å². The molecule has 0 radical (unpaired) electrons. The van der Waals surface area contributed by atoms with Gasteiger partial charge in [0, 0.05) is 0 Å². The van der Waals surface area contributed by atoms with Crippen molar-refractivity contribution in [3.63, 3.8) is 0 Å². The Labute approximate surface area is 87.6 Å². The van der Waals surface area contributed by atoms with E-state index < -0.39 is 5.97 Å². The number of ether oxygens (including phenoxy) is 2. The van der Waals surface area contributed by atoms with Gasteiger partial charge in [0.1, 0.15) is 5.75 Å². The predicted molar refractivity (Wildman–Crippen MR) is 54.1 cm³/mol. The van der Waals surface area contributed by atoms with E-state index in [9.17, 15) is 4.79 Å². The molecule has 0 unspecified atom stereocenters. The Bertz CT molecular complexity index is 361. The molecule has 0 atom stereocenters. The molecule has 1 aromatic carbocycles. The van der Waals surface area contributed by atoms with Gasteiger partial charge < -0.3 is 9.47 Å². The van der Waals surface area contributed by atoms with Gasteiger partial charge in [-0.15, -0.1) is 0 Å². The summed E-state index contributed by atoms with van der Waals surface area (Å²) in [5.74, 6) is 0.211. The summed E-state index contributed by atoms with van der Waals surface area (Å²) in [5.41, 5.74) is 1.20. The Hall–Kier alpha value is -1.22. The molecule has 0 fully saturated rings. The molecule has 0 aliphatic carbocycles. The molecule has 0 aliphatic heterocycles. The number of halogens is 1. The van der Waals surface area contributed by atoms with E-state index in [1.165, 1.54) is 7.11 Å². The number of hydrogen-bond acceptors (Lipinski definition) is 3. The van der Waals surface area contributed by atoms with E-state index in [1.807, 2.05) is 6.92 Å². The van der Waals surface area contributed by atoms with E-state index in [1.54, 1.807) is 19.2 Å². The van der Waals surface area contributed by atoms with Gasteiger partial charge in [-0.25, -0.2) is 4.79 Å². The third-order valence-electron chi connectivity index (χ3n) is 1.89. The van der Waals surface area contributed by atoms with Crippen LogP contribution >= 0.6 is 11.6 Å². The third kappa shape index (κ3) is 1.99. The predicted octanol–water partition coefficient (Wildman–Crippen LogP) is 2.44. The minimum Gasteiger partial charge on any atom is -0.496 e. The highest BCUT2D eigenvalue weighted by Crippen LogP contribution is 2.26. The smallest absolute Gasteiger partial charge is 0.339 e. The largest absolute Gasteiger partial charge is 0.496 e. The first kappa shape index (κ1) is 10.9. The van der Waals surface area contributed by atoms with Crippen LogP contribution in [-0.4, -0.2) is 20.2 Å². The average Bonchev–Trinajstić information content (AvgIpc) is 2.19. The highest BCUT2D eigenvalue weighted by Gasteiger charge is 2.13. The van der Waals surface area contributed by atoms with Crippen molar-refractivity contribution >= 4 is 17.6 Å². The van der Waals surface area contributed by atoms with Crippen LogP contribution in [0.3, 0.4) is 0 Å². The van der Waals surface area contributed by atoms with Crippen LogP contribution in [0.4, 0.5) is 0 Å². The maximum atomic E-state index is 11.2. The van der Waals surface area contributed by atoms with E-state index in [2.05, 4.69) is 4.74 Å². The van der Waals surface area contributed by atoms with E-state index in [-0.39, 0.29) is 0 Å². The van der Waals surface area contributed by atoms with Crippen LogP contribution in [-0.2, 0) is 4.74 Å². The molecule has 4 heteroatoms. The summed E-state index contributed by atoms with van der Waals surface area (Å²) in [6.07, 6.45) is 0. The summed E-state index contributed by atoms with van der Waals surface area (Å²) >= 11 is 5.87. The van der Waals surface area contributed by atoms with Crippen LogP contribution in [0, 0.1) is 6.92 Å². The molecule has 0 amide bonds. The Morgan fingerprint density at radius 1 is 1.36 bits per heavy atom. The van der Waals surface area contributed by atoms with E-state index in [4.69, 9.17) is 16.3 Å². The lowest BCUT2D eigenvalue weighted by Crippen LogP contribution is -2.03. The van der Waals surface area contributed by atoms with Crippen molar-refractivity contribution < 1.29 is 14.3 Å². The summed E-state index contributed by atoms with van der Waals surface area (Å²) in [6, 6.07) is 3.25. The first-order chi connectivity index (χ1) is 6.60. The van der Waals surface area contributed by atoms with Crippen molar-refractivity contribution in [1.82, 2.24) is 0 Å². The Morgan fingerprint density at radius 3 is 2.50 bits per heavy atom.